The van der Waals surface area contributed by atoms with Crippen LogP contribution in [0.2, 0.25) is 5.02 Å². The molecule has 1 fully saturated rings. The highest BCUT2D eigenvalue weighted by molar-refractivity contribution is 6.30. The molecule has 3 aromatic rings. The molecule has 196 valence electrons. The third kappa shape index (κ3) is 7.73. The first-order valence-corrected chi connectivity index (χ1v) is 13.2. The predicted octanol–water partition coefficient (Wildman–Crippen LogP) is 6.03. The minimum atomic E-state index is -0.382. The summed E-state index contributed by atoms with van der Waals surface area (Å²) in [6.45, 7) is 7.14. The fourth-order valence-electron chi connectivity index (χ4n) is 4.57. The van der Waals surface area contributed by atoms with E-state index in [0.29, 0.717) is 41.8 Å². The van der Waals surface area contributed by atoms with Gasteiger partial charge < -0.3 is 9.47 Å². The van der Waals surface area contributed by atoms with Crippen LogP contribution in [0.15, 0.2) is 48.5 Å². The van der Waals surface area contributed by atoms with Crippen molar-refractivity contribution in [3.05, 3.63) is 87.6 Å². The third-order valence-electron chi connectivity index (χ3n) is 6.68. The molecule has 0 radical (unpaired) electrons. The van der Waals surface area contributed by atoms with Gasteiger partial charge in [-0.05, 0) is 69.6 Å². The molecule has 0 spiro atoms. The van der Waals surface area contributed by atoms with Gasteiger partial charge in [-0.15, -0.1) is 0 Å². The van der Waals surface area contributed by atoms with Crippen molar-refractivity contribution in [1.29, 1.82) is 0 Å². The van der Waals surface area contributed by atoms with E-state index in [1.54, 1.807) is 18.2 Å². The zero-order chi connectivity index (χ0) is 26.2. The average molecular weight is 526 g/mol. The van der Waals surface area contributed by atoms with Crippen molar-refractivity contribution >= 4 is 17.6 Å². The maximum Gasteiger partial charge on any atom is 0.306 e. The van der Waals surface area contributed by atoms with E-state index in [4.69, 9.17) is 31.0 Å². The van der Waals surface area contributed by atoms with Crippen LogP contribution in [0, 0.1) is 12.7 Å². The molecule has 0 saturated carbocycles. The van der Waals surface area contributed by atoms with Gasteiger partial charge in [-0.2, -0.15) is 0 Å². The summed E-state index contributed by atoms with van der Waals surface area (Å²) in [6, 6.07) is 14.5. The summed E-state index contributed by atoms with van der Waals surface area (Å²) in [7, 11) is 0. The molecule has 0 bridgehead atoms. The monoisotopic (exact) mass is 525 g/mol. The minimum absolute atomic E-state index is 0.104. The number of esters is 1. The van der Waals surface area contributed by atoms with Crippen LogP contribution in [0.4, 0.5) is 4.39 Å². The second-order valence-electron chi connectivity index (χ2n) is 9.33. The standard InChI is InChI=1S/C29H33ClFN3O3/c1-3-36-29(35)12-11-25-10-8-22(20(2)32-25)18-34-15-13-21(14-16-34)27-5-4-6-28(33-27)37-19-23-7-9-24(30)17-26(23)31/h4-10,17,21H,3,11-16,18-19H2,1-2H3. The molecular formula is C29H33ClFN3O3. The second-order valence-corrected chi connectivity index (χ2v) is 9.76. The first-order valence-electron chi connectivity index (χ1n) is 12.8. The Hall–Kier alpha value is -3.03. The van der Waals surface area contributed by atoms with Gasteiger partial charge in [-0.1, -0.05) is 29.8 Å². The first-order chi connectivity index (χ1) is 17.9. The molecule has 8 heteroatoms. The van der Waals surface area contributed by atoms with Crippen molar-refractivity contribution in [3.63, 3.8) is 0 Å². The van der Waals surface area contributed by atoms with E-state index in [9.17, 15) is 9.18 Å². The van der Waals surface area contributed by atoms with Gasteiger partial charge in [-0.25, -0.2) is 9.37 Å². The summed E-state index contributed by atoms with van der Waals surface area (Å²) < 4.78 is 24.8. The number of rotatable bonds is 10. The molecule has 1 aliphatic rings. The van der Waals surface area contributed by atoms with Gasteiger partial charge in [-0.3, -0.25) is 14.7 Å². The molecule has 4 rings (SSSR count). The molecule has 0 unspecified atom stereocenters. The Balaban J connectivity index is 1.27. The van der Waals surface area contributed by atoms with E-state index in [-0.39, 0.29) is 18.4 Å². The molecule has 6 nitrogen and oxygen atoms in total. The molecule has 0 amide bonds. The lowest BCUT2D eigenvalue weighted by atomic mass is 9.92. The van der Waals surface area contributed by atoms with Crippen LogP contribution in [-0.4, -0.2) is 40.5 Å². The summed E-state index contributed by atoms with van der Waals surface area (Å²) in [6.07, 6.45) is 2.96. The SMILES string of the molecule is CCOC(=O)CCc1ccc(CN2CCC(c3cccc(OCc4ccc(Cl)cc4F)n3)CC2)c(C)n1. The molecule has 1 aliphatic heterocycles. The fraction of sp³-hybridized carbons (Fsp3) is 0.414. The summed E-state index contributed by atoms with van der Waals surface area (Å²) in [5, 5.41) is 0.363. The molecule has 0 aliphatic carbocycles. The predicted molar refractivity (Wildman–Crippen MR) is 141 cm³/mol. The molecule has 0 N–H and O–H groups in total. The molecule has 37 heavy (non-hydrogen) atoms. The maximum atomic E-state index is 14.0. The quantitative estimate of drug-likeness (QED) is 0.301. The number of carbonyl (C=O) groups excluding carboxylic acids is 1. The largest absolute Gasteiger partial charge is 0.473 e. The van der Waals surface area contributed by atoms with Crippen molar-refractivity contribution in [2.24, 2.45) is 0 Å². The number of halogens is 2. The van der Waals surface area contributed by atoms with E-state index in [1.165, 1.54) is 11.6 Å². The summed E-state index contributed by atoms with van der Waals surface area (Å²) >= 11 is 5.83. The number of carbonyl (C=O) groups is 1. The minimum Gasteiger partial charge on any atom is -0.473 e. The molecule has 2 aromatic heterocycles. The number of benzene rings is 1. The number of pyridine rings is 2. The Morgan fingerprint density at radius 3 is 2.62 bits per heavy atom. The van der Waals surface area contributed by atoms with Gasteiger partial charge in [0.05, 0.1) is 13.0 Å². The smallest absolute Gasteiger partial charge is 0.306 e. The second kappa shape index (κ2) is 13.0. The van der Waals surface area contributed by atoms with Crippen molar-refractivity contribution in [2.45, 2.75) is 58.6 Å². The van der Waals surface area contributed by atoms with Crippen LogP contribution in [0.25, 0.3) is 0 Å². The van der Waals surface area contributed by atoms with E-state index in [2.05, 4.69) is 11.0 Å². The van der Waals surface area contributed by atoms with Crippen LogP contribution in [0.5, 0.6) is 5.88 Å². The Bertz CT molecular complexity index is 1210. The third-order valence-corrected chi connectivity index (χ3v) is 6.91. The van der Waals surface area contributed by atoms with E-state index in [0.717, 1.165) is 49.6 Å². The molecule has 3 heterocycles. The van der Waals surface area contributed by atoms with Gasteiger partial charge in [0.2, 0.25) is 5.88 Å². The highest BCUT2D eigenvalue weighted by Gasteiger charge is 2.22. The number of piperidine rings is 1. The zero-order valence-electron chi connectivity index (χ0n) is 21.4. The van der Waals surface area contributed by atoms with Gasteiger partial charge in [0, 0.05) is 52.6 Å². The number of likely N-dealkylation sites (tertiary alicyclic amines) is 1. The van der Waals surface area contributed by atoms with Gasteiger partial charge in [0.1, 0.15) is 12.4 Å². The van der Waals surface area contributed by atoms with E-state index < -0.39 is 0 Å². The van der Waals surface area contributed by atoms with Crippen LogP contribution >= 0.6 is 11.6 Å². The summed E-state index contributed by atoms with van der Waals surface area (Å²) in [4.78, 5) is 23.5. The number of nitrogens with zero attached hydrogens (tertiary/aromatic N) is 3. The van der Waals surface area contributed by atoms with Crippen LogP contribution in [-0.2, 0) is 29.1 Å². The van der Waals surface area contributed by atoms with E-state index >= 15 is 0 Å². The normalized spacial score (nSPS) is 14.5. The number of hydrogen-bond donors (Lipinski definition) is 0. The Morgan fingerprint density at radius 1 is 1.11 bits per heavy atom. The average Bonchev–Trinajstić information content (AvgIpc) is 2.89. The molecule has 1 saturated heterocycles. The lowest BCUT2D eigenvalue weighted by molar-refractivity contribution is -0.143. The van der Waals surface area contributed by atoms with Gasteiger partial charge >= 0.3 is 5.97 Å². The molecule has 0 atom stereocenters. The van der Waals surface area contributed by atoms with Crippen molar-refractivity contribution in [3.8, 4) is 5.88 Å². The van der Waals surface area contributed by atoms with Crippen molar-refractivity contribution in [1.82, 2.24) is 14.9 Å². The molecular weight excluding hydrogens is 493 g/mol. The topological polar surface area (TPSA) is 64.5 Å². The number of aryl methyl sites for hydroxylation is 2. The van der Waals surface area contributed by atoms with Crippen LogP contribution < -0.4 is 4.74 Å². The van der Waals surface area contributed by atoms with Gasteiger partial charge in [0.25, 0.3) is 0 Å². The lowest BCUT2D eigenvalue weighted by Crippen LogP contribution is -2.33. The van der Waals surface area contributed by atoms with Crippen LogP contribution in [0.3, 0.4) is 0 Å². The Kier molecular flexibility index (Phi) is 9.47. The van der Waals surface area contributed by atoms with Crippen LogP contribution in [0.1, 0.15) is 60.3 Å². The van der Waals surface area contributed by atoms with Gasteiger partial charge in [0.15, 0.2) is 0 Å². The Morgan fingerprint density at radius 2 is 1.89 bits per heavy atom. The highest BCUT2D eigenvalue weighted by atomic mass is 35.5. The molecule has 1 aromatic carbocycles. The van der Waals surface area contributed by atoms with Crippen molar-refractivity contribution < 1.29 is 18.7 Å². The van der Waals surface area contributed by atoms with Crippen molar-refractivity contribution in [2.75, 3.05) is 19.7 Å². The highest BCUT2D eigenvalue weighted by Crippen LogP contribution is 2.29. The lowest BCUT2D eigenvalue weighted by Gasteiger charge is -2.32. The summed E-state index contributed by atoms with van der Waals surface area (Å²) in [5.41, 5.74) is 4.59. The number of ether oxygens (including phenoxy) is 2. The fourth-order valence-corrected chi connectivity index (χ4v) is 4.73. The maximum absolute atomic E-state index is 14.0. The number of hydrogen-bond acceptors (Lipinski definition) is 6. The zero-order valence-corrected chi connectivity index (χ0v) is 22.1. The Labute approximate surface area is 222 Å². The first kappa shape index (κ1) is 27.0. The number of aromatic nitrogens is 2. The summed E-state index contributed by atoms with van der Waals surface area (Å²) in [5.74, 6) is 0.291. The van der Waals surface area contributed by atoms with E-state index in [1.807, 2.05) is 32.0 Å².